The Morgan fingerprint density at radius 3 is 2.46 bits per heavy atom. The van der Waals surface area contributed by atoms with E-state index in [1.807, 2.05) is 30.3 Å². The Hall–Kier alpha value is -2.81. The van der Waals surface area contributed by atoms with Crippen molar-refractivity contribution in [2.45, 2.75) is 26.8 Å². The summed E-state index contributed by atoms with van der Waals surface area (Å²) in [6.07, 6.45) is 0.836. The summed E-state index contributed by atoms with van der Waals surface area (Å²) in [7, 11) is 0. The van der Waals surface area contributed by atoms with E-state index in [9.17, 15) is 9.90 Å². The van der Waals surface area contributed by atoms with Gasteiger partial charge in [-0.2, -0.15) is 0 Å². The fraction of sp³-hybridized carbons (Fsp3) is 0.190. The van der Waals surface area contributed by atoms with Gasteiger partial charge in [-0.05, 0) is 48.6 Å². The van der Waals surface area contributed by atoms with E-state index in [4.69, 9.17) is 0 Å². The summed E-state index contributed by atoms with van der Waals surface area (Å²) < 4.78 is 1.79. The van der Waals surface area contributed by atoms with Gasteiger partial charge in [0.25, 0.3) is 5.56 Å². The fourth-order valence-corrected chi connectivity index (χ4v) is 3.51. The van der Waals surface area contributed by atoms with Crippen LogP contribution in [0.25, 0.3) is 22.4 Å². The second-order valence-corrected chi connectivity index (χ2v) is 6.46. The summed E-state index contributed by atoms with van der Waals surface area (Å²) in [5.74, 6) is 0.0449. The largest absolute Gasteiger partial charge is 0.507 e. The highest BCUT2D eigenvalue weighted by atomic mass is 16.3. The highest BCUT2D eigenvalue weighted by molar-refractivity contribution is 5.75. The van der Waals surface area contributed by atoms with Crippen LogP contribution in [0.5, 0.6) is 5.75 Å². The molecule has 0 unspecified atom stereocenters. The molecule has 0 aliphatic carbocycles. The summed E-state index contributed by atoms with van der Waals surface area (Å²) >= 11 is 0. The Morgan fingerprint density at radius 2 is 1.71 bits per heavy atom. The second kappa shape index (κ2) is 5.38. The molecule has 1 N–H and O–H groups in total. The summed E-state index contributed by atoms with van der Waals surface area (Å²) in [5, 5.41) is 10.5. The van der Waals surface area contributed by atoms with E-state index in [2.05, 4.69) is 26.0 Å². The van der Waals surface area contributed by atoms with E-state index >= 15 is 0 Å². The van der Waals surface area contributed by atoms with Crippen LogP contribution in [0.15, 0.2) is 53.3 Å². The molecule has 3 aromatic rings. The van der Waals surface area contributed by atoms with Crippen LogP contribution < -0.4 is 5.56 Å². The van der Waals surface area contributed by atoms with Crippen LogP contribution in [0.3, 0.4) is 0 Å². The molecule has 0 spiro atoms. The zero-order chi connectivity index (χ0) is 16.8. The highest BCUT2D eigenvalue weighted by Gasteiger charge is 2.22. The lowest BCUT2D eigenvalue weighted by Crippen LogP contribution is -2.27. The second-order valence-electron chi connectivity index (χ2n) is 6.46. The number of benzene rings is 2. The van der Waals surface area contributed by atoms with Crippen molar-refractivity contribution in [3.05, 3.63) is 75.6 Å². The lowest BCUT2D eigenvalue weighted by atomic mass is 9.92. The minimum Gasteiger partial charge on any atom is -0.507 e. The molecule has 0 atom stereocenters. The van der Waals surface area contributed by atoms with Crippen molar-refractivity contribution in [1.82, 2.24) is 4.57 Å². The van der Waals surface area contributed by atoms with E-state index in [-0.39, 0.29) is 11.3 Å². The van der Waals surface area contributed by atoms with Crippen molar-refractivity contribution < 1.29 is 5.11 Å². The molecular weight excluding hydrogens is 298 g/mol. The molecule has 0 saturated heterocycles. The van der Waals surface area contributed by atoms with Crippen molar-refractivity contribution in [2.24, 2.45) is 0 Å². The van der Waals surface area contributed by atoms with Gasteiger partial charge in [-0.1, -0.05) is 36.4 Å². The fourth-order valence-electron chi connectivity index (χ4n) is 3.51. The molecule has 2 aromatic carbocycles. The number of pyridine rings is 1. The number of aromatic hydroxyl groups is 1. The Balaban J connectivity index is 1.99. The maximum atomic E-state index is 13.0. The zero-order valence-electron chi connectivity index (χ0n) is 13.8. The molecule has 3 nitrogen and oxygen atoms in total. The number of nitrogens with zero attached hydrogens (tertiary/aromatic N) is 1. The standard InChI is InChI=1S/C21H19NO2/c1-13-10-16-8-9-22-18(17(16)11-14(13)2)12-19(23)20(21(22)24)15-6-4-3-5-7-15/h3-7,10-12,23H,8-9H2,1-2H3. The Labute approximate surface area is 140 Å². The van der Waals surface area contributed by atoms with Gasteiger partial charge in [-0.3, -0.25) is 4.79 Å². The van der Waals surface area contributed by atoms with E-state index in [1.54, 1.807) is 10.6 Å². The first kappa shape index (κ1) is 14.8. The van der Waals surface area contributed by atoms with Gasteiger partial charge in [0.15, 0.2) is 0 Å². The van der Waals surface area contributed by atoms with Crippen molar-refractivity contribution in [2.75, 3.05) is 0 Å². The average molecular weight is 317 g/mol. The van der Waals surface area contributed by atoms with Crippen molar-refractivity contribution in [1.29, 1.82) is 0 Å². The summed E-state index contributed by atoms with van der Waals surface area (Å²) in [5.41, 5.74) is 6.56. The molecule has 0 amide bonds. The first-order chi connectivity index (χ1) is 11.6. The molecular formula is C21H19NO2. The smallest absolute Gasteiger partial charge is 0.262 e. The molecule has 0 fully saturated rings. The number of aromatic nitrogens is 1. The molecule has 0 saturated carbocycles. The molecule has 0 bridgehead atoms. The molecule has 120 valence electrons. The number of aryl methyl sites for hydroxylation is 3. The predicted octanol–water partition coefficient (Wildman–Crippen LogP) is 4.06. The van der Waals surface area contributed by atoms with Crippen molar-refractivity contribution in [3.8, 4) is 28.1 Å². The average Bonchev–Trinajstić information content (AvgIpc) is 2.57. The number of hydrogen-bond donors (Lipinski definition) is 1. The Kier molecular flexibility index (Phi) is 3.31. The van der Waals surface area contributed by atoms with Crippen LogP contribution in [-0.4, -0.2) is 9.67 Å². The number of fused-ring (bicyclic) bond motifs is 3. The zero-order valence-corrected chi connectivity index (χ0v) is 13.8. The molecule has 3 heteroatoms. The van der Waals surface area contributed by atoms with E-state index < -0.39 is 0 Å². The minimum atomic E-state index is -0.125. The summed E-state index contributed by atoms with van der Waals surface area (Å²) in [4.78, 5) is 13.0. The first-order valence-electron chi connectivity index (χ1n) is 8.19. The third kappa shape index (κ3) is 2.16. The van der Waals surface area contributed by atoms with Gasteiger partial charge < -0.3 is 9.67 Å². The van der Waals surface area contributed by atoms with Crippen LogP contribution in [-0.2, 0) is 13.0 Å². The van der Waals surface area contributed by atoms with Crippen LogP contribution in [0.4, 0.5) is 0 Å². The molecule has 1 aliphatic rings. The summed E-state index contributed by atoms with van der Waals surface area (Å²) in [6, 6.07) is 15.4. The van der Waals surface area contributed by atoms with Crippen LogP contribution in [0.2, 0.25) is 0 Å². The van der Waals surface area contributed by atoms with Crippen molar-refractivity contribution in [3.63, 3.8) is 0 Å². The highest BCUT2D eigenvalue weighted by Crippen LogP contribution is 2.35. The van der Waals surface area contributed by atoms with Crippen LogP contribution in [0.1, 0.15) is 16.7 Å². The first-order valence-corrected chi connectivity index (χ1v) is 8.19. The van der Waals surface area contributed by atoms with Gasteiger partial charge in [0.2, 0.25) is 0 Å². The SMILES string of the molecule is Cc1cc2c(cc1C)-c1cc(O)c(-c3ccccc3)c(=O)n1CC2. The molecule has 0 radical (unpaired) electrons. The normalized spacial score (nSPS) is 12.6. The molecule has 1 aromatic heterocycles. The van der Waals surface area contributed by atoms with E-state index in [1.165, 1.54) is 16.7 Å². The lowest BCUT2D eigenvalue weighted by Gasteiger charge is -2.24. The molecule has 4 rings (SSSR count). The van der Waals surface area contributed by atoms with Crippen LogP contribution >= 0.6 is 0 Å². The lowest BCUT2D eigenvalue weighted by molar-refractivity contribution is 0.473. The topological polar surface area (TPSA) is 42.2 Å². The number of rotatable bonds is 1. The third-order valence-corrected chi connectivity index (χ3v) is 4.94. The quantitative estimate of drug-likeness (QED) is 0.735. The maximum Gasteiger partial charge on any atom is 0.262 e. The predicted molar refractivity (Wildman–Crippen MR) is 96.4 cm³/mol. The van der Waals surface area contributed by atoms with Gasteiger partial charge in [0, 0.05) is 18.2 Å². The van der Waals surface area contributed by atoms with Crippen molar-refractivity contribution >= 4 is 0 Å². The molecule has 1 aliphatic heterocycles. The minimum absolute atomic E-state index is 0.0449. The maximum absolute atomic E-state index is 13.0. The van der Waals surface area contributed by atoms with Gasteiger partial charge in [-0.15, -0.1) is 0 Å². The number of hydrogen-bond acceptors (Lipinski definition) is 2. The van der Waals surface area contributed by atoms with E-state index in [0.717, 1.165) is 23.2 Å². The monoisotopic (exact) mass is 317 g/mol. The van der Waals surface area contributed by atoms with Gasteiger partial charge in [-0.25, -0.2) is 0 Å². The Bertz CT molecular complexity index is 1000. The molecule has 24 heavy (non-hydrogen) atoms. The van der Waals surface area contributed by atoms with E-state index in [0.29, 0.717) is 12.1 Å². The van der Waals surface area contributed by atoms with Crippen LogP contribution in [0, 0.1) is 13.8 Å². The van der Waals surface area contributed by atoms with Gasteiger partial charge in [0.05, 0.1) is 11.3 Å². The summed E-state index contributed by atoms with van der Waals surface area (Å²) in [6.45, 7) is 4.82. The third-order valence-electron chi connectivity index (χ3n) is 4.94. The van der Waals surface area contributed by atoms with Gasteiger partial charge in [0.1, 0.15) is 5.75 Å². The van der Waals surface area contributed by atoms with Gasteiger partial charge >= 0.3 is 0 Å². The molecule has 2 heterocycles. The Morgan fingerprint density at radius 1 is 1.00 bits per heavy atom.